The second kappa shape index (κ2) is 13.7. The molecule has 5 aromatic rings. The van der Waals surface area contributed by atoms with Crippen LogP contribution in [0.1, 0.15) is 50.0 Å². The summed E-state index contributed by atoms with van der Waals surface area (Å²) in [6, 6.07) is 47.2. The Labute approximate surface area is 269 Å². The van der Waals surface area contributed by atoms with Crippen molar-refractivity contribution in [2.24, 2.45) is 5.92 Å². The summed E-state index contributed by atoms with van der Waals surface area (Å²) in [6.07, 6.45) is 1.21. The molecule has 1 amide bonds. The predicted molar refractivity (Wildman–Crippen MR) is 186 cm³/mol. The molecule has 0 spiro atoms. The molecule has 1 aliphatic carbocycles. The maximum absolute atomic E-state index is 13.9. The van der Waals surface area contributed by atoms with Gasteiger partial charge >= 0.3 is 6.09 Å². The lowest BCUT2D eigenvalue weighted by molar-refractivity contribution is 0.0609. The van der Waals surface area contributed by atoms with Gasteiger partial charge in [-0.1, -0.05) is 136 Å². The zero-order valence-electron chi connectivity index (χ0n) is 26.3. The Morgan fingerprint density at radius 3 is 1.73 bits per heavy atom. The zero-order valence-corrected chi connectivity index (χ0v) is 27.5. The molecule has 0 heterocycles. The van der Waals surface area contributed by atoms with Crippen molar-refractivity contribution in [3.63, 3.8) is 0 Å². The number of amides is 1. The predicted octanol–water partition coefficient (Wildman–Crippen LogP) is 8.12. The van der Waals surface area contributed by atoms with Gasteiger partial charge in [-0.2, -0.15) is 0 Å². The van der Waals surface area contributed by atoms with Crippen LogP contribution in [-0.2, 0) is 21.0 Å². The largest absolute Gasteiger partial charge is 0.448 e. The van der Waals surface area contributed by atoms with E-state index in [2.05, 4.69) is 99.6 Å². The van der Waals surface area contributed by atoms with Gasteiger partial charge in [-0.15, -0.1) is 0 Å². The molecular weight excluding hydrogens is 571 g/mol. The first-order valence-corrected chi connectivity index (χ1v) is 17.5. The Balaban J connectivity index is 1.35. The van der Waals surface area contributed by atoms with Gasteiger partial charge in [0.15, 0.2) is 0 Å². The molecule has 5 heteroatoms. The Hall–Kier alpha value is -4.45. The molecule has 0 fully saturated rings. The fourth-order valence-electron chi connectivity index (χ4n) is 6.45. The van der Waals surface area contributed by atoms with E-state index in [0.29, 0.717) is 0 Å². The summed E-state index contributed by atoms with van der Waals surface area (Å²) in [7, 11) is -2.10. The van der Waals surface area contributed by atoms with E-state index < -0.39 is 9.04 Å². The Morgan fingerprint density at radius 2 is 1.22 bits per heavy atom. The van der Waals surface area contributed by atoms with E-state index in [1.807, 2.05) is 60.7 Å². The lowest BCUT2D eigenvalue weighted by Crippen LogP contribution is -2.47. The molecule has 2 atom stereocenters. The van der Waals surface area contributed by atoms with Gasteiger partial charge in [0.05, 0.1) is 24.1 Å². The van der Waals surface area contributed by atoms with Crippen LogP contribution in [-0.4, -0.2) is 21.7 Å². The van der Waals surface area contributed by atoms with Crippen molar-refractivity contribution in [3.05, 3.63) is 156 Å². The summed E-state index contributed by atoms with van der Waals surface area (Å²) in [6.45, 7) is 7.10. The molecule has 228 valence electrons. The van der Waals surface area contributed by atoms with Gasteiger partial charge in [0.1, 0.15) is 0 Å². The van der Waals surface area contributed by atoms with Crippen LogP contribution >= 0.6 is 0 Å². The molecule has 0 aliphatic heterocycles. The van der Waals surface area contributed by atoms with Gasteiger partial charge in [0.25, 0.3) is 0 Å². The van der Waals surface area contributed by atoms with Crippen LogP contribution in [0.4, 0.5) is 16.2 Å². The normalized spacial score (nSPS) is 16.2. The van der Waals surface area contributed by atoms with Gasteiger partial charge in [0.2, 0.25) is 9.04 Å². The van der Waals surface area contributed by atoms with Crippen LogP contribution in [0.25, 0.3) is 0 Å². The number of carbonyl (C=O) groups excluding carboxylic acids is 1. The third-order valence-electron chi connectivity index (χ3n) is 8.64. The van der Waals surface area contributed by atoms with Crippen molar-refractivity contribution in [3.8, 4) is 0 Å². The summed E-state index contributed by atoms with van der Waals surface area (Å²) >= 11 is 0. The number of carbonyl (C=O) groups is 1. The SMILES string of the molecule is CC(C)(C)c1cccc2c1CCC(COC(=O)N(c1ccccc1)c1ccccc1)C2O[SiH](c1ccccc1)c1ccccc1. The first-order chi connectivity index (χ1) is 21.9. The quantitative estimate of drug-likeness (QED) is 0.166. The molecule has 5 aromatic carbocycles. The van der Waals surface area contributed by atoms with Crippen molar-refractivity contribution in [2.75, 3.05) is 11.5 Å². The molecule has 0 N–H and O–H groups in total. The van der Waals surface area contributed by atoms with Crippen molar-refractivity contribution < 1.29 is 14.0 Å². The molecular formula is C40H41NO3Si. The molecule has 0 saturated heterocycles. The third-order valence-corrected chi connectivity index (χ3v) is 11.2. The van der Waals surface area contributed by atoms with E-state index in [0.717, 1.165) is 24.2 Å². The number of rotatable bonds is 8. The maximum atomic E-state index is 13.9. The summed E-state index contributed by atoms with van der Waals surface area (Å²) in [5, 5.41) is 2.47. The topological polar surface area (TPSA) is 38.8 Å². The molecule has 0 bridgehead atoms. The molecule has 45 heavy (non-hydrogen) atoms. The lowest BCUT2D eigenvalue weighted by atomic mass is 9.74. The van der Waals surface area contributed by atoms with Crippen molar-refractivity contribution in [1.82, 2.24) is 0 Å². The monoisotopic (exact) mass is 611 g/mol. The number of hydrogen-bond acceptors (Lipinski definition) is 3. The Morgan fingerprint density at radius 1 is 0.711 bits per heavy atom. The van der Waals surface area contributed by atoms with E-state index in [1.54, 1.807) is 4.90 Å². The Kier molecular flexibility index (Phi) is 9.29. The van der Waals surface area contributed by atoms with Crippen molar-refractivity contribution in [1.29, 1.82) is 0 Å². The van der Waals surface area contributed by atoms with Gasteiger partial charge in [-0.3, -0.25) is 0 Å². The number of hydrogen-bond donors (Lipinski definition) is 0. The molecule has 0 radical (unpaired) electrons. The first-order valence-electron chi connectivity index (χ1n) is 15.8. The van der Waals surface area contributed by atoms with Crippen molar-refractivity contribution in [2.45, 2.75) is 45.1 Å². The van der Waals surface area contributed by atoms with E-state index in [9.17, 15) is 4.79 Å². The summed E-state index contributed by atoms with van der Waals surface area (Å²) in [5.74, 6) is 0.00693. The standard InChI is InChI=1S/C40H41NO3Si/c1-40(2,3)37-26-16-25-36-35(37)28-27-30(38(36)44-45(33-21-12-6-13-22-33)34-23-14-7-15-24-34)29-43-39(42)41(31-17-8-4-9-18-31)32-19-10-5-11-20-32/h4-26,30,38,45H,27-29H2,1-3H3. The van der Waals surface area contributed by atoms with E-state index >= 15 is 0 Å². The summed E-state index contributed by atoms with van der Waals surface area (Å²) < 4.78 is 13.6. The second-order valence-corrected chi connectivity index (χ2v) is 15.1. The first kappa shape index (κ1) is 30.6. The molecule has 2 unspecified atom stereocenters. The number of fused-ring (bicyclic) bond motifs is 1. The van der Waals surface area contributed by atoms with Crippen LogP contribution in [0.3, 0.4) is 0 Å². The zero-order chi connectivity index (χ0) is 31.2. The van der Waals surface area contributed by atoms with Crippen LogP contribution in [0, 0.1) is 5.92 Å². The maximum Gasteiger partial charge on any atom is 0.418 e. The highest BCUT2D eigenvalue weighted by molar-refractivity contribution is 6.80. The number of benzene rings is 5. The van der Waals surface area contributed by atoms with Crippen LogP contribution in [0.15, 0.2) is 140 Å². The fourth-order valence-corrected chi connectivity index (χ4v) is 8.96. The number of nitrogens with zero attached hydrogens (tertiary/aromatic N) is 1. The van der Waals surface area contributed by atoms with E-state index in [-0.39, 0.29) is 30.1 Å². The minimum Gasteiger partial charge on any atom is -0.448 e. The van der Waals surface area contributed by atoms with Gasteiger partial charge in [-0.05, 0) is 69.6 Å². The second-order valence-electron chi connectivity index (χ2n) is 12.8. The molecule has 0 aromatic heterocycles. The minimum absolute atomic E-state index is 0.00693. The molecule has 6 rings (SSSR count). The average molecular weight is 612 g/mol. The molecule has 1 aliphatic rings. The number of para-hydroxylation sites is 2. The average Bonchev–Trinajstić information content (AvgIpc) is 3.07. The number of ether oxygens (including phenoxy) is 1. The Bertz CT molecular complexity index is 1610. The van der Waals surface area contributed by atoms with E-state index in [4.69, 9.17) is 9.16 Å². The van der Waals surface area contributed by atoms with Gasteiger partial charge in [0, 0.05) is 5.92 Å². The van der Waals surface area contributed by atoms with Gasteiger partial charge < -0.3 is 9.16 Å². The highest BCUT2D eigenvalue weighted by Crippen LogP contribution is 2.42. The highest BCUT2D eigenvalue weighted by Gasteiger charge is 2.37. The summed E-state index contributed by atoms with van der Waals surface area (Å²) in [5.41, 5.74) is 5.51. The van der Waals surface area contributed by atoms with E-state index in [1.165, 1.54) is 27.1 Å². The molecule has 4 nitrogen and oxygen atoms in total. The minimum atomic E-state index is -2.10. The lowest BCUT2D eigenvalue weighted by Gasteiger charge is -2.38. The molecule has 0 saturated carbocycles. The third kappa shape index (κ3) is 6.95. The number of anilines is 2. The highest BCUT2D eigenvalue weighted by atomic mass is 28.3. The fraction of sp³-hybridized carbons (Fsp3) is 0.225. The summed E-state index contributed by atoms with van der Waals surface area (Å²) in [4.78, 5) is 15.5. The van der Waals surface area contributed by atoms with Crippen LogP contribution < -0.4 is 15.3 Å². The smallest absolute Gasteiger partial charge is 0.418 e. The van der Waals surface area contributed by atoms with Crippen molar-refractivity contribution >= 4 is 36.9 Å². The van der Waals surface area contributed by atoms with Crippen LogP contribution in [0.5, 0.6) is 0 Å². The van der Waals surface area contributed by atoms with Crippen LogP contribution in [0.2, 0.25) is 0 Å². The van der Waals surface area contributed by atoms with Gasteiger partial charge in [-0.25, -0.2) is 9.69 Å².